The van der Waals surface area contributed by atoms with Gasteiger partial charge in [-0.2, -0.15) is 0 Å². The van der Waals surface area contributed by atoms with Gasteiger partial charge in [-0.25, -0.2) is 4.98 Å². The molecule has 1 rings (SSSR count). The van der Waals surface area contributed by atoms with E-state index < -0.39 is 0 Å². The lowest BCUT2D eigenvalue weighted by atomic mass is 10.4. The van der Waals surface area contributed by atoms with E-state index in [1.807, 2.05) is 13.8 Å². The lowest BCUT2D eigenvalue weighted by molar-refractivity contribution is -0.119. The summed E-state index contributed by atoms with van der Waals surface area (Å²) in [6.07, 6.45) is 1.54. The third-order valence-corrected chi connectivity index (χ3v) is 2.33. The van der Waals surface area contributed by atoms with Crippen LogP contribution in [0, 0.1) is 0 Å². The maximum atomic E-state index is 11.4. The first-order valence-electron chi connectivity index (χ1n) is 4.93. The highest BCUT2D eigenvalue weighted by Gasteiger charge is 2.05. The second-order valence-corrected chi connectivity index (χ2v) is 4.53. The molecule has 0 aliphatic rings. The third kappa shape index (κ3) is 4.06. The van der Waals surface area contributed by atoms with E-state index in [0.717, 1.165) is 4.47 Å². The summed E-state index contributed by atoms with van der Waals surface area (Å²) in [4.78, 5) is 15.4. The molecule has 0 unspecified atom stereocenters. The van der Waals surface area contributed by atoms with Crippen molar-refractivity contribution in [1.29, 1.82) is 0 Å². The SMILES string of the molecule is CC(C)NC(=O)CNc1ncc(N)cc1Br. The lowest BCUT2D eigenvalue weighted by Crippen LogP contribution is -2.35. The number of pyridine rings is 1. The number of halogens is 1. The number of nitrogens with zero attached hydrogens (tertiary/aromatic N) is 1. The summed E-state index contributed by atoms with van der Waals surface area (Å²) in [5.41, 5.74) is 6.12. The van der Waals surface area contributed by atoms with Crippen LogP contribution in [0.5, 0.6) is 0 Å². The van der Waals surface area contributed by atoms with Gasteiger partial charge in [-0.3, -0.25) is 4.79 Å². The minimum absolute atomic E-state index is 0.0690. The first kappa shape index (κ1) is 12.8. The molecule has 0 aliphatic heterocycles. The average Bonchev–Trinajstić information content (AvgIpc) is 2.15. The van der Waals surface area contributed by atoms with E-state index in [-0.39, 0.29) is 18.5 Å². The Morgan fingerprint density at radius 3 is 2.88 bits per heavy atom. The Kier molecular flexibility index (Phi) is 4.54. The van der Waals surface area contributed by atoms with Crippen LogP contribution < -0.4 is 16.4 Å². The van der Waals surface area contributed by atoms with Gasteiger partial charge in [0.25, 0.3) is 0 Å². The van der Waals surface area contributed by atoms with Gasteiger partial charge in [-0.1, -0.05) is 0 Å². The summed E-state index contributed by atoms with van der Waals surface area (Å²) in [5, 5.41) is 5.69. The molecular weight excluding hydrogens is 272 g/mol. The molecule has 0 bridgehead atoms. The van der Waals surface area contributed by atoms with Gasteiger partial charge in [0.1, 0.15) is 5.82 Å². The summed E-state index contributed by atoms with van der Waals surface area (Å²) in [7, 11) is 0. The van der Waals surface area contributed by atoms with Crippen LogP contribution in [0.1, 0.15) is 13.8 Å². The Morgan fingerprint density at radius 1 is 1.62 bits per heavy atom. The second kappa shape index (κ2) is 5.69. The number of hydrogen-bond donors (Lipinski definition) is 3. The topological polar surface area (TPSA) is 80.0 Å². The predicted molar refractivity (Wildman–Crippen MR) is 68.1 cm³/mol. The van der Waals surface area contributed by atoms with Crippen LogP contribution in [0.15, 0.2) is 16.7 Å². The number of carbonyl (C=O) groups excluding carboxylic acids is 1. The Labute approximate surface area is 103 Å². The molecule has 5 nitrogen and oxygen atoms in total. The molecule has 1 aromatic heterocycles. The number of hydrogen-bond acceptors (Lipinski definition) is 4. The highest BCUT2D eigenvalue weighted by molar-refractivity contribution is 9.10. The summed E-state index contributed by atoms with van der Waals surface area (Å²) in [6, 6.07) is 1.87. The highest BCUT2D eigenvalue weighted by atomic mass is 79.9. The Bertz CT molecular complexity index is 381. The molecule has 0 aromatic carbocycles. The molecule has 16 heavy (non-hydrogen) atoms. The van der Waals surface area contributed by atoms with Gasteiger partial charge in [-0.05, 0) is 35.8 Å². The van der Waals surface area contributed by atoms with Crippen molar-refractivity contribution in [3.63, 3.8) is 0 Å². The normalized spacial score (nSPS) is 10.2. The fourth-order valence-electron chi connectivity index (χ4n) is 1.12. The molecule has 0 radical (unpaired) electrons. The maximum absolute atomic E-state index is 11.4. The standard InChI is InChI=1S/C10H15BrN4O/c1-6(2)15-9(16)5-14-10-8(11)3-7(12)4-13-10/h3-4,6H,5,12H2,1-2H3,(H,13,14)(H,15,16). The van der Waals surface area contributed by atoms with Crippen molar-refractivity contribution in [2.45, 2.75) is 19.9 Å². The fraction of sp³-hybridized carbons (Fsp3) is 0.400. The molecule has 1 heterocycles. The molecule has 88 valence electrons. The summed E-state index contributed by atoms with van der Waals surface area (Å²) in [6.45, 7) is 4.01. The van der Waals surface area contributed by atoms with Crippen molar-refractivity contribution in [3.8, 4) is 0 Å². The Morgan fingerprint density at radius 2 is 2.31 bits per heavy atom. The van der Waals surface area contributed by atoms with Gasteiger partial charge in [0.05, 0.1) is 22.9 Å². The number of anilines is 2. The monoisotopic (exact) mass is 286 g/mol. The minimum Gasteiger partial charge on any atom is -0.397 e. The van der Waals surface area contributed by atoms with E-state index in [1.54, 1.807) is 6.07 Å². The molecule has 1 aromatic rings. The van der Waals surface area contributed by atoms with E-state index in [0.29, 0.717) is 11.5 Å². The van der Waals surface area contributed by atoms with Crippen molar-refractivity contribution in [2.24, 2.45) is 0 Å². The predicted octanol–water partition coefficient (Wildman–Crippen LogP) is 1.36. The smallest absolute Gasteiger partial charge is 0.239 e. The fourth-order valence-corrected chi connectivity index (χ4v) is 1.63. The molecule has 0 saturated heterocycles. The molecule has 6 heteroatoms. The number of nitrogens with two attached hydrogens (primary N) is 1. The van der Waals surface area contributed by atoms with Crippen LogP contribution >= 0.6 is 15.9 Å². The third-order valence-electron chi connectivity index (χ3n) is 1.73. The van der Waals surface area contributed by atoms with Gasteiger partial charge in [0.2, 0.25) is 5.91 Å². The summed E-state index contributed by atoms with van der Waals surface area (Å²) >= 11 is 3.31. The molecule has 1 amide bonds. The van der Waals surface area contributed by atoms with Crippen molar-refractivity contribution in [1.82, 2.24) is 10.3 Å². The van der Waals surface area contributed by atoms with E-state index in [1.165, 1.54) is 6.20 Å². The largest absolute Gasteiger partial charge is 0.397 e. The molecule has 0 saturated carbocycles. The van der Waals surface area contributed by atoms with E-state index in [2.05, 4.69) is 31.5 Å². The Hall–Kier alpha value is -1.30. The number of aromatic nitrogens is 1. The first-order valence-corrected chi connectivity index (χ1v) is 5.72. The number of nitrogen functional groups attached to an aromatic ring is 1. The lowest BCUT2D eigenvalue weighted by Gasteiger charge is -2.10. The van der Waals surface area contributed by atoms with Crippen LogP contribution in [-0.4, -0.2) is 23.5 Å². The van der Waals surface area contributed by atoms with E-state index >= 15 is 0 Å². The first-order chi connectivity index (χ1) is 7.49. The van der Waals surface area contributed by atoms with Crippen molar-refractivity contribution in [3.05, 3.63) is 16.7 Å². The number of amides is 1. The molecule has 0 atom stereocenters. The van der Waals surface area contributed by atoms with Crippen LogP contribution in [0.4, 0.5) is 11.5 Å². The number of nitrogens with one attached hydrogen (secondary N) is 2. The Balaban J connectivity index is 2.51. The van der Waals surface area contributed by atoms with Gasteiger partial charge in [0.15, 0.2) is 0 Å². The molecule has 0 spiro atoms. The van der Waals surface area contributed by atoms with Crippen LogP contribution in [0.25, 0.3) is 0 Å². The average molecular weight is 287 g/mol. The van der Waals surface area contributed by atoms with Gasteiger partial charge in [-0.15, -0.1) is 0 Å². The molecule has 4 N–H and O–H groups in total. The van der Waals surface area contributed by atoms with Crippen LogP contribution in [-0.2, 0) is 4.79 Å². The van der Waals surface area contributed by atoms with Crippen molar-refractivity contribution < 1.29 is 4.79 Å². The maximum Gasteiger partial charge on any atom is 0.239 e. The number of carbonyl (C=O) groups is 1. The van der Waals surface area contributed by atoms with Gasteiger partial charge in [0, 0.05) is 6.04 Å². The van der Waals surface area contributed by atoms with Crippen molar-refractivity contribution in [2.75, 3.05) is 17.6 Å². The van der Waals surface area contributed by atoms with E-state index in [4.69, 9.17) is 5.73 Å². The molecule has 0 aliphatic carbocycles. The second-order valence-electron chi connectivity index (χ2n) is 3.67. The highest BCUT2D eigenvalue weighted by Crippen LogP contribution is 2.21. The van der Waals surface area contributed by atoms with Crippen molar-refractivity contribution >= 4 is 33.3 Å². The minimum atomic E-state index is -0.0690. The van der Waals surface area contributed by atoms with E-state index in [9.17, 15) is 4.79 Å². The van der Waals surface area contributed by atoms with Gasteiger partial charge >= 0.3 is 0 Å². The zero-order chi connectivity index (χ0) is 12.1. The van der Waals surface area contributed by atoms with Gasteiger partial charge < -0.3 is 16.4 Å². The zero-order valence-electron chi connectivity index (χ0n) is 9.25. The zero-order valence-corrected chi connectivity index (χ0v) is 10.8. The summed E-state index contributed by atoms with van der Waals surface area (Å²) < 4.78 is 0.741. The molecular formula is C10H15BrN4O. The summed E-state index contributed by atoms with van der Waals surface area (Å²) in [5.74, 6) is 0.536. The quantitative estimate of drug-likeness (QED) is 0.781. The number of rotatable bonds is 4. The van der Waals surface area contributed by atoms with Crippen LogP contribution in [0.2, 0.25) is 0 Å². The molecule has 0 fully saturated rings. The van der Waals surface area contributed by atoms with Crippen LogP contribution in [0.3, 0.4) is 0 Å².